The molecule has 0 aromatic heterocycles. The van der Waals surface area contributed by atoms with Crippen LogP contribution in [0.15, 0.2) is 53.0 Å². The van der Waals surface area contributed by atoms with Crippen molar-refractivity contribution in [1.82, 2.24) is 5.32 Å². The Morgan fingerprint density at radius 1 is 0.895 bits per heavy atom. The van der Waals surface area contributed by atoms with Crippen LogP contribution in [0.1, 0.15) is 42.6 Å². The Kier molecular flexibility index (Phi) is 4.78. The fourth-order valence-electron chi connectivity index (χ4n) is 2.20. The van der Waals surface area contributed by atoms with Crippen molar-refractivity contribution >= 4 is 15.9 Å². The largest absolute Gasteiger partial charge is 0.304 e. The predicted molar refractivity (Wildman–Crippen MR) is 85.3 cm³/mol. The summed E-state index contributed by atoms with van der Waals surface area (Å²) < 4.78 is 1.13. The van der Waals surface area contributed by atoms with E-state index in [1.54, 1.807) is 0 Å². The van der Waals surface area contributed by atoms with Gasteiger partial charge in [0.15, 0.2) is 0 Å². The summed E-state index contributed by atoms with van der Waals surface area (Å²) in [7, 11) is 0. The lowest BCUT2D eigenvalue weighted by molar-refractivity contribution is 0.494. The summed E-state index contributed by atoms with van der Waals surface area (Å²) in [6.07, 6.45) is 0. The van der Waals surface area contributed by atoms with Crippen LogP contribution >= 0.6 is 15.9 Å². The van der Waals surface area contributed by atoms with Gasteiger partial charge in [-0.25, -0.2) is 0 Å². The number of rotatable bonds is 4. The maximum atomic E-state index is 3.64. The van der Waals surface area contributed by atoms with E-state index in [2.05, 4.69) is 90.5 Å². The molecule has 2 atom stereocenters. The second-order valence-electron chi connectivity index (χ2n) is 5.08. The van der Waals surface area contributed by atoms with E-state index in [1.807, 2.05) is 0 Å². The number of nitrogens with one attached hydrogen (secondary N) is 1. The van der Waals surface area contributed by atoms with Crippen molar-refractivity contribution in [3.8, 4) is 0 Å². The molecule has 1 N–H and O–H groups in total. The fourth-order valence-corrected chi connectivity index (χ4v) is 2.62. The average Bonchev–Trinajstić information content (AvgIpc) is 2.39. The van der Waals surface area contributed by atoms with Crippen molar-refractivity contribution < 1.29 is 0 Å². The first-order valence-corrected chi connectivity index (χ1v) is 7.43. The average molecular weight is 318 g/mol. The molecule has 0 heterocycles. The molecule has 100 valence electrons. The summed E-state index contributed by atoms with van der Waals surface area (Å²) in [4.78, 5) is 0. The van der Waals surface area contributed by atoms with Crippen LogP contribution < -0.4 is 5.32 Å². The molecule has 2 aromatic rings. The van der Waals surface area contributed by atoms with Crippen molar-refractivity contribution in [1.29, 1.82) is 0 Å². The molecule has 0 aliphatic heterocycles. The standard InChI is InChI=1S/C17H20BrN/c1-12-7-9-15(10-8-12)13(2)19-14(3)16-5-4-6-17(18)11-16/h4-11,13-14,19H,1-3H3/t13?,14-/m1/s1. The third-order valence-electron chi connectivity index (χ3n) is 3.43. The molecule has 19 heavy (non-hydrogen) atoms. The van der Waals surface area contributed by atoms with Crippen LogP contribution in [0.2, 0.25) is 0 Å². The SMILES string of the molecule is Cc1ccc(C(C)N[C@H](C)c2cccc(Br)c2)cc1. The van der Waals surface area contributed by atoms with Crippen LogP contribution in [0.5, 0.6) is 0 Å². The van der Waals surface area contributed by atoms with E-state index in [-0.39, 0.29) is 0 Å². The van der Waals surface area contributed by atoms with E-state index in [9.17, 15) is 0 Å². The first kappa shape index (κ1) is 14.3. The second-order valence-corrected chi connectivity index (χ2v) is 5.99. The highest BCUT2D eigenvalue weighted by molar-refractivity contribution is 9.10. The lowest BCUT2D eigenvalue weighted by Crippen LogP contribution is -2.22. The molecule has 2 aromatic carbocycles. The Morgan fingerprint density at radius 3 is 2.16 bits per heavy atom. The van der Waals surface area contributed by atoms with Gasteiger partial charge in [-0.1, -0.05) is 57.9 Å². The van der Waals surface area contributed by atoms with Crippen molar-refractivity contribution in [3.05, 3.63) is 69.7 Å². The minimum absolute atomic E-state index is 0.328. The number of hydrogen-bond donors (Lipinski definition) is 1. The molecule has 0 spiro atoms. The summed E-state index contributed by atoms with van der Waals surface area (Å²) in [5.74, 6) is 0. The maximum Gasteiger partial charge on any atom is 0.0297 e. The second kappa shape index (κ2) is 6.36. The highest BCUT2D eigenvalue weighted by Crippen LogP contribution is 2.22. The van der Waals surface area contributed by atoms with Crippen molar-refractivity contribution in [2.75, 3.05) is 0 Å². The van der Waals surface area contributed by atoms with Gasteiger partial charge in [0.25, 0.3) is 0 Å². The van der Waals surface area contributed by atoms with Gasteiger partial charge in [0.2, 0.25) is 0 Å². The molecule has 0 amide bonds. The number of aryl methyl sites for hydroxylation is 1. The summed E-state index contributed by atoms with van der Waals surface area (Å²) in [6, 6.07) is 17.8. The molecule has 0 aliphatic carbocycles. The molecule has 0 saturated carbocycles. The Bertz CT molecular complexity index is 533. The number of hydrogen-bond acceptors (Lipinski definition) is 1. The third-order valence-corrected chi connectivity index (χ3v) is 3.92. The van der Waals surface area contributed by atoms with Gasteiger partial charge in [0.05, 0.1) is 0 Å². The highest BCUT2D eigenvalue weighted by atomic mass is 79.9. The summed E-state index contributed by atoms with van der Waals surface area (Å²) >= 11 is 3.52. The van der Waals surface area contributed by atoms with Crippen molar-refractivity contribution in [2.45, 2.75) is 32.9 Å². The Balaban J connectivity index is 2.06. The highest BCUT2D eigenvalue weighted by Gasteiger charge is 2.11. The van der Waals surface area contributed by atoms with Crippen LogP contribution in [0, 0.1) is 6.92 Å². The third kappa shape index (κ3) is 3.92. The molecule has 0 fully saturated rings. The maximum absolute atomic E-state index is 3.64. The van der Waals surface area contributed by atoms with Gasteiger partial charge in [-0.2, -0.15) is 0 Å². The fraction of sp³-hybridized carbons (Fsp3) is 0.294. The molecular formula is C17H20BrN. The summed E-state index contributed by atoms with van der Waals surface area (Å²) in [5.41, 5.74) is 3.93. The Labute approximate surface area is 124 Å². The van der Waals surface area contributed by atoms with Crippen molar-refractivity contribution in [3.63, 3.8) is 0 Å². The zero-order chi connectivity index (χ0) is 13.8. The predicted octanol–water partition coefficient (Wildman–Crippen LogP) is 5.17. The smallest absolute Gasteiger partial charge is 0.0297 e. The van der Waals surface area contributed by atoms with E-state index >= 15 is 0 Å². The topological polar surface area (TPSA) is 12.0 Å². The molecule has 0 saturated heterocycles. The molecule has 2 rings (SSSR count). The minimum Gasteiger partial charge on any atom is -0.304 e. The van der Waals surface area contributed by atoms with Crippen LogP contribution in [-0.4, -0.2) is 0 Å². The van der Waals surface area contributed by atoms with E-state index in [0.29, 0.717) is 12.1 Å². The van der Waals surface area contributed by atoms with Gasteiger partial charge in [0.1, 0.15) is 0 Å². The Morgan fingerprint density at radius 2 is 1.53 bits per heavy atom. The van der Waals surface area contributed by atoms with Crippen LogP contribution in [0.25, 0.3) is 0 Å². The molecule has 1 unspecified atom stereocenters. The summed E-state index contributed by atoms with van der Waals surface area (Å²) in [5, 5.41) is 3.64. The quantitative estimate of drug-likeness (QED) is 0.820. The minimum atomic E-state index is 0.328. The zero-order valence-corrected chi connectivity index (χ0v) is 13.2. The molecule has 0 bridgehead atoms. The molecule has 1 nitrogen and oxygen atoms in total. The molecular weight excluding hydrogens is 298 g/mol. The van der Waals surface area contributed by atoms with Gasteiger partial charge in [-0.15, -0.1) is 0 Å². The first-order chi connectivity index (χ1) is 9.06. The van der Waals surface area contributed by atoms with E-state index < -0.39 is 0 Å². The lowest BCUT2D eigenvalue weighted by atomic mass is 10.0. The molecule has 2 heteroatoms. The number of halogens is 1. The van der Waals surface area contributed by atoms with Crippen LogP contribution in [0.3, 0.4) is 0 Å². The summed E-state index contributed by atoms with van der Waals surface area (Å²) in [6.45, 7) is 6.53. The molecule has 0 aliphatic rings. The number of benzene rings is 2. The van der Waals surface area contributed by atoms with Crippen LogP contribution in [0.4, 0.5) is 0 Å². The van der Waals surface area contributed by atoms with E-state index in [4.69, 9.17) is 0 Å². The van der Waals surface area contributed by atoms with Crippen LogP contribution in [-0.2, 0) is 0 Å². The molecule has 0 radical (unpaired) electrons. The first-order valence-electron chi connectivity index (χ1n) is 6.64. The Hall–Kier alpha value is -1.12. The van der Waals surface area contributed by atoms with Gasteiger partial charge in [-0.05, 0) is 44.0 Å². The van der Waals surface area contributed by atoms with E-state index in [0.717, 1.165) is 4.47 Å². The lowest BCUT2D eigenvalue weighted by Gasteiger charge is -2.21. The zero-order valence-electron chi connectivity index (χ0n) is 11.7. The van der Waals surface area contributed by atoms with Gasteiger partial charge < -0.3 is 5.32 Å². The monoisotopic (exact) mass is 317 g/mol. The van der Waals surface area contributed by atoms with Gasteiger partial charge in [0, 0.05) is 16.6 Å². The normalized spacial score (nSPS) is 14.1. The van der Waals surface area contributed by atoms with Crippen molar-refractivity contribution in [2.24, 2.45) is 0 Å². The van der Waals surface area contributed by atoms with E-state index in [1.165, 1.54) is 16.7 Å². The van der Waals surface area contributed by atoms with Gasteiger partial charge in [-0.3, -0.25) is 0 Å². The van der Waals surface area contributed by atoms with Gasteiger partial charge >= 0.3 is 0 Å².